The van der Waals surface area contributed by atoms with E-state index in [1.807, 2.05) is 31.2 Å². The Morgan fingerprint density at radius 2 is 1.81 bits per heavy atom. The molecule has 2 N–H and O–H groups in total. The highest BCUT2D eigenvalue weighted by atomic mass is 16.5. The van der Waals surface area contributed by atoms with Crippen LogP contribution < -0.4 is 20.1 Å². The van der Waals surface area contributed by atoms with Crippen molar-refractivity contribution in [2.45, 2.75) is 38.7 Å². The molecule has 1 fully saturated rings. The number of hydrogen-bond donors (Lipinski definition) is 2. The van der Waals surface area contributed by atoms with Crippen molar-refractivity contribution < 1.29 is 23.8 Å². The van der Waals surface area contributed by atoms with Gasteiger partial charge in [-0.2, -0.15) is 0 Å². The maximum atomic E-state index is 12.6. The van der Waals surface area contributed by atoms with Crippen LogP contribution in [0.25, 0.3) is 0 Å². The molecule has 0 aliphatic carbocycles. The summed E-state index contributed by atoms with van der Waals surface area (Å²) < 4.78 is 16.8. The number of carbonyl (C=O) groups is 2. The van der Waals surface area contributed by atoms with Crippen molar-refractivity contribution in [2.24, 2.45) is 0 Å². The first-order chi connectivity index (χ1) is 15.2. The Labute approximate surface area is 183 Å². The molecule has 0 spiro atoms. The summed E-state index contributed by atoms with van der Waals surface area (Å²) in [7, 11) is 0. The maximum Gasteiger partial charge on any atom is 0.253 e. The third kappa shape index (κ3) is 7.00. The van der Waals surface area contributed by atoms with E-state index < -0.39 is 0 Å². The minimum Gasteiger partial charge on any atom is -0.490 e. The van der Waals surface area contributed by atoms with Gasteiger partial charge in [0.2, 0.25) is 5.91 Å². The SMILES string of the molecule is CCOc1ccccc1OCCCC(=O)Nc1ccccc1C(=O)NC[C@@H]1CCCO1. The largest absolute Gasteiger partial charge is 0.490 e. The van der Waals surface area contributed by atoms with Gasteiger partial charge in [0.25, 0.3) is 5.91 Å². The summed E-state index contributed by atoms with van der Waals surface area (Å²) in [6.07, 6.45) is 2.87. The van der Waals surface area contributed by atoms with Crippen molar-refractivity contribution in [3.63, 3.8) is 0 Å². The van der Waals surface area contributed by atoms with E-state index in [4.69, 9.17) is 14.2 Å². The summed E-state index contributed by atoms with van der Waals surface area (Å²) in [5.41, 5.74) is 0.940. The topological polar surface area (TPSA) is 85.9 Å². The van der Waals surface area contributed by atoms with Gasteiger partial charge in [-0.1, -0.05) is 24.3 Å². The van der Waals surface area contributed by atoms with Crippen LogP contribution in [0.3, 0.4) is 0 Å². The van der Waals surface area contributed by atoms with E-state index in [2.05, 4.69) is 10.6 Å². The number of rotatable bonds is 11. The van der Waals surface area contributed by atoms with E-state index in [9.17, 15) is 9.59 Å². The molecule has 2 aromatic carbocycles. The van der Waals surface area contributed by atoms with Crippen LogP contribution in [0, 0.1) is 0 Å². The quantitative estimate of drug-likeness (QED) is 0.534. The Morgan fingerprint density at radius 3 is 2.55 bits per heavy atom. The smallest absolute Gasteiger partial charge is 0.253 e. The molecule has 2 aromatic rings. The third-order valence-corrected chi connectivity index (χ3v) is 4.91. The lowest BCUT2D eigenvalue weighted by Gasteiger charge is -2.14. The molecule has 31 heavy (non-hydrogen) atoms. The van der Waals surface area contributed by atoms with Gasteiger partial charge < -0.3 is 24.8 Å². The molecule has 1 saturated heterocycles. The minimum atomic E-state index is -0.220. The lowest BCUT2D eigenvalue weighted by molar-refractivity contribution is -0.116. The zero-order valence-electron chi connectivity index (χ0n) is 17.9. The Morgan fingerprint density at radius 1 is 1.06 bits per heavy atom. The maximum absolute atomic E-state index is 12.6. The fraction of sp³-hybridized carbons (Fsp3) is 0.417. The van der Waals surface area contributed by atoms with Gasteiger partial charge in [-0.05, 0) is 50.5 Å². The van der Waals surface area contributed by atoms with Crippen molar-refractivity contribution in [1.82, 2.24) is 5.32 Å². The lowest BCUT2D eigenvalue weighted by atomic mass is 10.1. The fourth-order valence-electron chi connectivity index (χ4n) is 3.37. The summed E-state index contributed by atoms with van der Waals surface area (Å²) >= 11 is 0. The summed E-state index contributed by atoms with van der Waals surface area (Å²) in [4.78, 5) is 24.9. The first-order valence-corrected chi connectivity index (χ1v) is 10.8. The second-order valence-corrected chi connectivity index (χ2v) is 7.27. The van der Waals surface area contributed by atoms with Crippen LogP contribution in [0.1, 0.15) is 43.0 Å². The van der Waals surface area contributed by atoms with Crippen LogP contribution in [-0.2, 0) is 9.53 Å². The first kappa shape index (κ1) is 22.6. The number of hydrogen-bond acceptors (Lipinski definition) is 5. The second kappa shape index (κ2) is 12.0. The van der Waals surface area contributed by atoms with Crippen molar-refractivity contribution in [3.8, 4) is 11.5 Å². The van der Waals surface area contributed by atoms with Gasteiger partial charge in [0, 0.05) is 19.6 Å². The molecule has 1 aliphatic rings. The Balaban J connectivity index is 1.45. The zero-order valence-corrected chi connectivity index (χ0v) is 17.9. The van der Waals surface area contributed by atoms with Crippen molar-refractivity contribution >= 4 is 17.5 Å². The molecule has 1 aliphatic heterocycles. The molecule has 0 radical (unpaired) electrons. The lowest BCUT2D eigenvalue weighted by Crippen LogP contribution is -2.32. The van der Waals surface area contributed by atoms with Crippen LogP contribution in [0.2, 0.25) is 0 Å². The number of nitrogens with one attached hydrogen (secondary N) is 2. The van der Waals surface area contributed by atoms with E-state index in [1.165, 1.54) is 0 Å². The molecule has 0 aromatic heterocycles. The normalized spacial score (nSPS) is 15.3. The van der Waals surface area contributed by atoms with Gasteiger partial charge in [-0.3, -0.25) is 9.59 Å². The van der Waals surface area contributed by atoms with Gasteiger partial charge in [0.15, 0.2) is 11.5 Å². The summed E-state index contributed by atoms with van der Waals surface area (Å²) in [6.45, 7) is 4.09. The number of benzene rings is 2. The Bertz CT molecular complexity index is 865. The molecule has 1 atom stereocenters. The van der Waals surface area contributed by atoms with E-state index in [0.717, 1.165) is 19.4 Å². The zero-order chi connectivity index (χ0) is 21.9. The van der Waals surface area contributed by atoms with Crippen LogP contribution in [0.4, 0.5) is 5.69 Å². The standard InChI is InChI=1S/C24H30N2O5/c1-2-29-21-12-5-6-13-22(21)31-16-8-14-23(27)26-20-11-4-3-10-19(20)24(28)25-17-18-9-7-15-30-18/h3-6,10-13,18H,2,7-9,14-17H2,1H3,(H,25,28)(H,26,27)/t18-/m0/s1. The highest BCUT2D eigenvalue weighted by Gasteiger charge is 2.18. The van der Waals surface area contributed by atoms with Gasteiger partial charge in [-0.15, -0.1) is 0 Å². The molecule has 0 saturated carbocycles. The number of ether oxygens (including phenoxy) is 3. The molecule has 2 amide bonds. The van der Waals surface area contributed by atoms with Crippen LogP contribution >= 0.6 is 0 Å². The van der Waals surface area contributed by atoms with Gasteiger partial charge in [-0.25, -0.2) is 0 Å². The Kier molecular flexibility index (Phi) is 8.72. The molecule has 1 heterocycles. The predicted molar refractivity (Wildman–Crippen MR) is 119 cm³/mol. The molecular formula is C24H30N2O5. The number of carbonyl (C=O) groups excluding carboxylic acids is 2. The third-order valence-electron chi connectivity index (χ3n) is 4.91. The molecule has 7 nitrogen and oxygen atoms in total. The van der Waals surface area contributed by atoms with Gasteiger partial charge in [0.05, 0.1) is 30.6 Å². The monoisotopic (exact) mass is 426 g/mol. The average molecular weight is 427 g/mol. The molecule has 7 heteroatoms. The van der Waals surface area contributed by atoms with Gasteiger partial charge >= 0.3 is 0 Å². The van der Waals surface area contributed by atoms with E-state index in [-0.39, 0.29) is 24.3 Å². The first-order valence-electron chi connectivity index (χ1n) is 10.8. The minimum absolute atomic E-state index is 0.0681. The van der Waals surface area contributed by atoms with Crippen molar-refractivity contribution in [2.75, 3.05) is 31.7 Å². The van der Waals surface area contributed by atoms with E-state index in [0.29, 0.717) is 48.9 Å². The highest BCUT2D eigenvalue weighted by molar-refractivity contribution is 6.03. The molecular weight excluding hydrogens is 396 g/mol. The number of anilines is 1. The van der Waals surface area contributed by atoms with Crippen molar-refractivity contribution in [3.05, 3.63) is 54.1 Å². The molecule has 0 unspecified atom stereocenters. The molecule has 0 bridgehead atoms. The summed E-state index contributed by atoms with van der Waals surface area (Å²) in [6, 6.07) is 14.5. The summed E-state index contributed by atoms with van der Waals surface area (Å²) in [5, 5.41) is 5.73. The predicted octanol–water partition coefficient (Wildman–Crippen LogP) is 3.79. The van der Waals surface area contributed by atoms with Gasteiger partial charge in [0.1, 0.15) is 0 Å². The van der Waals surface area contributed by atoms with E-state index in [1.54, 1.807) is 24.3 Å². The Hall–Kier alpha value is -3.06. The fourth-order valence-corrected chi connectivity index (χ4v) is 3.37. The van der Waals surface area contributed by atoms with Crippen LogP contribution in [0.15, 0.2) is 48.5 Å². The van der Waals surface area contributed by atoms with E-state index >= 15 is 0 Å². The van der Waals surface area contributed by atoms with Crippen LogP contribution in [0.5, 0.6) is 11.5 Å². The number of amides is 2. The van der Waals surface area contributed by atoms with Crippen molar-refractivity contribution in [1.29, 1.82) is 0 Å². The number of para-hydroxylation sites is 3. The second-order valence-electron chi connectivity index (χ2n) is 7.27. The molecule has 166 valence electrons. The van der Waals surface area contributed by atoms with Crippen LogP contribution in [-0.4, -0.2) is 44.3 Å². The summed E-state index contributed by atoms with van der Waals surface area (Å²) in [5.74, 6) is 0.971. The average Bonchev–Trinajstić information content (AvgIpc) is 3.30. The molecule has 3 rings (SSSR count). The highest BCUT2D eigenvalue weighted by Crippen LogP contribution is 2.26.